The lowest BCUT2D eigenvalue weighted by Crippen LogP contribution is -2.31. The standard InChI is InChI=1S/C19H18F3NO3/c1-10-4-5-13(8-11(10)2)9-16(24)26-12(3)19(25)23-15-7-6-14(20)17(21)18(15)22/h4-8,12H,9H2,1-3H3,(H,23,25)/t12-/m1/s1. The molecule has 4 nitrogen and oxygen atoms in total. The second kappa shape index (κ2) is 8.03. The van der Waals surface area contributed by atoms with Gasteiger partial charge < -0.3 is 10.1 Å². The largest absolute Gasteiger partial charge is 0.452 e. The number of carbonyl (C=O) groups is 2. The maximum atomic E-state index is 13.6. The van der Waals surface area contributed by atoms with Crippen molar-refractivity contribution >= 4 is 17.6 Å². The summed E-state index contributed by atoms with van der Waals surface area (Å²) in [5.74, 6) is -6.08. The maximum absolute atomic E-state index is 13.6. The second-order valence-electron chi connectivity index (χ2n) is 5.94. The molecule has 0 heterocycles. The van der Waals surface area contributed by atoms with Gasteiger partial charge in [0.1, 0.15) is 0 Å². The second-order valence-corrected chi connectivity index (χ2v) is 5.94. The Kier molecular flexibility index (Phi) is 6.02. The first kappa shape index (κ1) is 19.5. The molecule has 1 N–H and O–H groups in total. The van der Waals surface area contributed by atoms with E-state index in [2.05, 4.69) is 5.32 Å². The third-order valence-electron chi connectivity index (χ3n) is 3.89. The lowest BCUT2D eigenvalue weighted by molar-refractivity contribution is -0.152. The fourth-order valence-electron chi connectivity index (χ4n) is 2.23. The monoisotopic (exact) mass is 365 g/mol. The van der Waals surface area contributed by atoms with Gasteiger partial charge in [-0.25, -0.2) is 13.2 Å². The molecule has 0 aromatic heterocycles. The van der Waals surface area contributed by atoms with Crippen molar-refractivity contribution < 1.29 is 27.5 Å². The molecule has 1 amide bonds. The number of ether oxygens (including phenoxy) is 1. The zero-order chi connectivity index (χ0) is 19.4. The topological polar surface area (TPSA) is 55.4 Å². The average molecular weight is 365 g/mol. The van der Waals surface area contributed by atoms with E-state index < -0.39 is 41.1 Å². The van der Waals surface area contributed by atoms with Crippen LogP contribution in [0.3, 0.4) is 0 Å². The van der Waals surface area contributed by atoms with Crippen LogP contribution in [0.1, 0.15) is 23.6 Å². The highest BCUT2D eigenvalue weighted by atomic mass is 19.2. The van der Waals surface area contributed by atoms with Gasteiger partial charge in [-0.1, -0.05) is 18.2 Å². The van der Waals surface area contributed by atoms with Gasteiger partial charge in [0, 0.05) is 0 Å². The molecule has 1 atom stereocenters. The van der Waals surface area contributed by atoms with Crippen molar-refractivity contribution in [2.75, 3.05) is 5.32 Å². The van der Waals surface area contributed by atoms with Crippen LogP contribution in [0.25, 0.3) is 0 Å². The molecule has 0 spiro atoms. The molecule has 0 saturated heterocycles. The summed E-state index contributed by atoms with van der Waals surface area (Å²) < 4.78 is 44.6. The van der Waals surface area contributed by atoms with Crippen molar-refractivity contribution in [3.63, 3.8) is 0 Å². The van der Waals surface area contributed by atoms with Gasteiger partial charge >= 0.3 is 5.97 Å². The number of rotatable bonds is 5. The van der Waals surface area contributed by atoms with Crippen molar-refractivity contribution in [1.82, 2.24) is 0 Å². The van der Waals surface area contributed by atoms with Gasteiger partial charge in [0.15, 0.2) is 23.6 Å². The van der Waals surface area contributed by atoms with E-state index in [0.29, 0.717) is 6.07 Å². The minimum Gasteiger partial charge on any atom is -0.452 e. The van der Waals surface area contributed by atoms with E-state index in [1.807, 2.05) is 26.0 Å². The zero-order valence-corrected chi connectivity index (χ0v) is 14.5. The first-order valence-corrected chi connectivity index (χ1v) is 7.89. The quantitative estimate of drug-likeness (QED) is 0.647. The number of hydrogen-bond acceptors (Lipinski definition) is 3. The van der Waals surface area contributed by atoms with Crippen LogP contribution >= 0.6 is 0 Å². The summed E-state index contributed by atoms with van der Waals surface area (Å²) in [5, 5.41) is 2.07. The molecular formula is C19H18F3NO3. The predicted octanol–water partition coefficient (Wildman–Crippen LogP) is 3.83. The minimum atomic E-state index is -1.69. The molecule has 2 aromatic carbocycles. The lowest BCUT2D eigenvalue weighted by Gasteiger charge is -2.14. The number of halogens is 3. The van der Waals surface area contributed by atoms with Crippen LogP contribution in [0, 0.1) is 31.3 Å². The molecule has 2 rings (SSSR count). The Labute approximate surface area is 149 Å². The normalized spacial score (nSPS) is 11.8. The molecule has 0 aliphatic rings. The lowest BCUT2D eigenvalue weighted by atomic mass is 10.0. The summed E-state index contributed by atoms with van der Waals surface area (Å²) >= 11 is 0. The molecule has 0 saturated carbocycles. The van der Waals surface area contributed by atoms with Crippen LogP contribution in [0.15, 0.2) is 30.3 Å². The number of nitrogens with one attached hydrogen (secondary N) is 1. The van der Waals surface area contributed by atoms with E-state index in [-0.39, 0.29) is 6.42 Å². The van der Waals surface area contributed by atoms with Crippen molar-refractivity contribution in [2.24, 2.45) is 0 Å². The maximum Gasteiger partial charge on any atom is 0.311 e. The van der Waals surface area contributed by atoms with Gasteiger partial charge in [0.2, 0.25) is 0 Å². The number of benzene rings is 2. The number of hydrogen-bond donors (Lipinski definition) is 1. The molecular weight excluding hydrogens is 347 g/mol. The molecule has 138 valence electrons. The smallest absolute Gasteiger partial charge is 0.311 e. The van der Waals surface area contributed by atoms with Gasteiger partial charge in [0.05, 0.1) is 12.1 Å². The molecule has 0 aliphatic heterocycles. The molecule has 26 heavy (non-hydrogen) atoms. The predicted molar refractivity (Wildman–Crippen MR) is 90.1 cm³/mol. The Morgan fingerprint density at radius 2 is 1.73 bits per heavy atom. The first-order chi connectivity index (χ1) is 12.2. The Balaban J connectivity index is 1.97. The van der Waals surface area contributed by atoms with Crippen LogP contribution < -0.4 is 5.32 Å². The molecule has 0 fully saturated rings. The van der Waals surface area contributed by atoms with Gasteiger partial charge in [-0.2, -0.15) is 0 Å². The number of carbonyl (C=O) groups excluding carboxylic acids is 2. The van der Waals surface area contributed by atoms with Crippen molar-refractivity contribution in [1.29, 1.82) is 0 Å². The number of aryl methyl sites for hydroxylation is 2. The highest BCUT2D eigenvalue weighted by Gasteiger charge is 2.21. The number of amides is 1. The summed E-state index contributed by atoms with van der Waals surface area (Å²) in [6.07, 6.45) is -1.26. The Morgan fingerprint density at radius 1 is 1.04 bits per heavy atom. The molecule has 7 heteroatoms. The SMILES string of the molecule is Cc1ccc(CC(=O)O[C@H](C)C(=O)Nc2ccc(F)c(F)c2F)cc1C. The zero-order valence-electron chi connectivity index (χ0n) is 14.5. The van der Waals surface area contributed by atoms with Crippen molar-refractivity contribution in [3.8, 4) is 0 Å². The summed E-state index contributed by atoms with van der Waals surface area (Å²) in [7, 11) is 0. The Hall–Kier alpha value is -2.83. The number of esters is 1. The van der Waals surface area contributed by atoms with Crippen LogP contribution in [0.5, 0.6) is 0 Å². The Bertz CT molecular complexity index is 852. The summed E-state index contributed by atoms with van der Waals surface area (Å²) in [4.78, 5) is 23.9. The molecule has 0 bridgehead atoms. The van der Waals surface area contributed by atoms with E-state index in [1.54, 1.807) is 6.07 Å². The van der Waals surface area contributed by atoms with Gasteiger partial charge in [-0.05, 0) is 49.6 Å². The summed E-state index contributed by atoms with van der Waals surface area (Å²) in [6, 6.07) is 7.07. The fraction of sp³-hybridized carbons (Fsp3) is 0.263. The molecule has 2 aromatic rings. The van der Waals surface area contributed by atoms with Crippen LogP contribution in [0.4, 0.5) is 18.9 Å². The average Bonchev–Trinajstić information content (AvgIpc) is 2.58. The molecule has 0 aliphatic carbocycles. The Morgan fingerprint density at radius 3 is 2.38 bits per heavy atom. The first-order valence-electron chi connectivity index (χ1n) is 7.89. The third kappa shape index (κ3) is 4.62. The van der Waals surface area contributed by atoms with E-state index in [4.69, 9.17) is 4.74 Å². The van der Waals surface area contributed by atoms with Gasteiger partial charge in [-0.15, -0.1) is 0 Å². The highest BCUT2D eigenvalue weighted by Crippen LogP contribution is 2.20. The van der Waals surface area contributed by atoms with Gasteiger partial charge in [0.25, 0.3) is 5.91 Å². The molecule has 0 radical (unpaired) electrons. The molecule has 0 unspecified atom stereocenters. The van der Waals surface area contributed by atoms with Gasteiger partial charge in [-0.3, -0.25) is 9.59 Å². The fourth-order valence-corrected chi connectivity index (χ4v) is 2.23. The van der Waals surface area contributed by atoms with Crippen molar-refractivity contribution in [2.45, 2.75) is 33.3 Å². The highest BCUT2D eigenvalue weighted by molar-refractivity contribution is 5.95. The van der Waals surface area contributed by atoms with Crippen LogP contribution in [-0.4, -0.2) is 18.0 Å². The van der Waals surface area contributed by atoms with E-state index in [9.17, 15) is 22.8 Å². The van der Waals surface area contributed by atoms with Crippen LogP contribution in [0.2, 0.25) is 0 Å². The van der Waals surface area contributed by atoms with E-state index in [0.717, 1.165) is 22.8 Å². The van der Waals surface area contributed by atoms with E-state index in [1.165, 1.54) is 6.92 Å². The minimum absolute atomic E-state index is 0.0295. The number of anilines is 1. The van der Waals surface area contributed by atoms with E-state index >= 15 is 0 Å². The summed E-state index contributed by atoms with van der Waals surface area (Å²) in [5.41, 5.74) is 2.31. The third-order valence-corrected chi connectivity index (χ3v) is 3.89. The van der Waals surface area contributed by atoms with Crippen molar-refractivity contribution in [3.05, 3.63) is 64.5 Å². The van der Waals surface area contributed by atoms with Crippen LogP contribution in [-0.2, 0) is 20.7 Å². The summed E-state index contributed by atoms with van der Waals surface area (Å²) in [6.45, 7) is 5.16.